The van der Waals surface area contributed by atoms with Crippen molar-refractivity contribution in [2.75, 3.05) is 18.4 Å². The molecule has 5 nitrogen and oxygen atoms in total. The predicted molar refractivity (Wildman–Crippen MR) is 107 cm³/mol. The molecule has 6 heteroatoms. The maximum Gasteiger partial charge on any atom is 0.319 e. The van der Waals surface area contributed by atoms with Crippen molar-refractivity contribution in [3.63, 3.8) is 0 Å². The van der Waals surface area contributed by atoms with Crippen molar-refractivity contribution >= 4 is 33.3 Å². The molecule has 0 saturated carbocycles. The second kappa shape index (κ2) is 7.85. The van der Waals surface area contributed by atoms with E-state index < -0.39 is 0 Å². The van der Waals surface area contributed by atoms with Crippen LogP contribution in [0.25, 0.3) is 10.2 Å². The molecule has 26 heavy (non-hydrogen) atoms. The fraction of sp³-hybridized carbons (Fsp3) is 0.300. The van der Waals surface area contributed by atoms with Crippen LogP contribution in [0.1, 0.15) is 17.8 Å². The molecule has 2 amide bonds. The van der Waals surface area contributed by atoms with Gasteiger partial charge in [-0.2, -0.15) is 0 Å². The molecule has 0 spiro atoms. The minimum Gasteiger partial charge on any atom is -0.335 e. The van der Waals surface area contributed by atoms with E-state index in [1.807, 2.05) is 36.4 Å². The number of thiazole rings is 1. The molecule has 1 saturated heterocycles. The third-order valence-corrected chi connectivity index (χ3v) is 5.67. The van der Waals surface area contributed by atoms with Crippen LogP contribution in [0.2, 0.25) is 0 Å². The van der Waals surface area contributed by atoms with Crippen molar-refractivity contribution in [1.82, 2.24) is 15.2 Å². The summed E-state index contributed by atoms with van der Waals surface area (Å²) < 4.78 is 1.25. The Kier molecular flexibility index (Phi) is 5.13. The monoisotopic (exact) mass is 366 g/mol. The number of urea groups is 1. The number of hydrogen-bond donors (Lipinski definition) is 2. The first-order chi connectivity index (χ1) is 12.8. The Morgan fingerprint density at radius 1 is 1.08 bits per heavy atom. The molecule has 4 rings (SSSR count). The Hall–Kier alpha value is -2.44. The second-order valence-corrected chi connectivity index (χ2v) is 7.71. The van der Waals surface area contributed by atoms with Gasteiger partial charge in [0.15, 0.2) is 0 Å². The number of amides is 2. The van der Waals surface area contributed by atoms with Crippen LogP contribution in [0.4, 0.5) is 10.5 Å². The van der Waals surface area contributed by atoms with Crippen LogP contribution < -0.4 is 10.6 Å². The Morgan fingerprint density at radius 3 is 2.58 bits per heavy atom. The summed E-state index contributed by atoms with van der Waals surface area (Å²) in [6, 6.07) is 17.9. The third-order valence-electron chi connectivity index (χ3n) is 4.65. The molecule has 2 aromatic carbocycles. The van der Waals surface area contributed by atoms with Crippen molar-refractivity contribution < 1.29 is 4.79 Å². The molecule has 2 N–H and O–H groups in total. The van der Waals surface area contributed by atoms with Crippen LogP contribution in [0.5, 0.6) is 0 Å². The van der Waals surface area contributed by atoms with Gasteiger partial charge in [0.2, 0.25) is 0 Å². The molecule has 2 heterocycles. The highest BCUT2D eigenvalue weighted by Crippen LogP contribution is 2.23. The molecular formula is C20H22N4OS. The van der Waals surface area contributed by atoms with E-state index in [-0.39, 0.29) is 12.1 Å². The van der Waals surface area contributed by atoms with Gasteiger partial charge in [0, 0.05) is 24.8 Å². The number of carbonyl (C=O) groups excluding carboxylic acids is 1. The number of benzene rings is 2. The summed E-state index contributed by atoms with van der Waals surface area (Å²) in [6.07, 6.45) is 1.93. The molecule has 134 valence electrons. The predicted octanol–water partition coefficient (Wildman–Crippen LogP) is 4.08. The molecule has 0 aliphatic carbocycles. The maximum absolute atomic E-state index is 12.1. The molecule has 3 aromatic rings. The fourth-order valence-electron chi connectivity index (χ4n) is 3.29. The summed E-state index contributed by atoms with van der Waals surface area (Å²) in [6.45, 7) is 2.85. The zero-order chi connectivity index (χ0) is 17.8. The van der Waals surface area contributed by atoms with Crippen LogP contribution in [-0.4, -0.2) is 35.0 Å². The van der Waals surface area contributed by atoms with Crippen LogP contribution in [0.15, 0.2) is 54.6 Å². The number of aromatic nitrogens is 1. The van der Waals surface area contributed by atoms with E-state index >= 15 is 0 Å². The highest BCUT2D eigenvalue weighted by Gasteiger charge is 2.21. The largest absolute Gasteiger partial charge is 0.335 e. The first-order valence-corrected chi connectivity index (χ1v) is 9.77. The van der Waals surface area contributed by atoms with Crippen LogP contribution in [0, 0.1) is 0 Å². The number of fused-ring (bicyclic) bond motifs is 1. The van der Waals surface area contributed by atoms with Crippen molar-refractivity contribution in [3.8, 4) is 0 Å². The molecule has 0 unspecified atom stereocenters. The summed E-state index contributed by atoms with van der Waals surface area (Å²) in [7, 11) is 0. The molecule has 0 bridgehead atoms. The molecule has 1 aliphatic rings. The zero-order valence-corrected chi connectivity index (χ0v) is 15.3. The first kappa shape index (κ1) is 17.0. The molecule has 1 fully saturated rings. The number of nitrogens with zero attached hydrogens (tertiary/aromatic N) is 2. The standard InChI is InChI=1S/C20H22N4OS/c25-20(21-15-6-2-1-3-7-15)22-16-10-12-24(13-11-16)14-19-23-17-8-4-5-9-18(17)26-19/h1-9,16H,10-14H2,(H2,21,22,25). The van der Waals surface area contributed by atoms with E-state index in [4.69, 9.17) is 4.98 Å². The lowest BCUT2D eigenvalue weighted by molar-refractivity contribution is 0.190. The quantitative estimate of drug-likeness (QED) is 0.731. The van der Waals surface area contributed by atoms with Crippen molar-refractivity contribution in [3.05, 3.63) is 59.6 Å². The topological polar surface area (TPSA) is 57.3 Å². The van der Waals surface area contributed by atoms with Gasteiger partial charge in [0.05, 0.1) is 16.8 Å². The Balaban J connectivity index is 1.25. The molecule has 1 aliphatic heterocycles. The minimum absolute atomic E-state index is 0.124. The summed E-state index contributed by atoms with van der Waals surface area (Å²) in [4.78, 5) is 19.2. The van der Waals surface area contributed by atoms with Crippen LogP contribution in [-0.2, 0) is 6.54 Å². The minimum atomic E-state index is -0.124. The Morgan fingerprint density at radius 2 is 1.81 bits per heavy atom. The van der Waals surface area contributed by atoms with E-state index in [1.54, 1.807) is 11.3 Å². The summed E-state index contributed by atoms with van der Waals surface area (Å²) in [5, 5.41) is 7.13. The Labute approximate surface area is 157 Å². The van der Waals surface area contributed by atoms with Gasteiger partial charge >= 0.3 is 6.03 Å². The van der Waals surface area contributed by atoms with E-state index in [0.717, 1.165) is 43.7 Å². The van der Waals surface area contributed by atoms with E-state index in [0.29, 0.717) is 0 Å². The summed E-state index contributed by atoms with van der Waals surface area (Å²) in [5.41, 5.74) is 1.90. The van der Waals surface area contributed by atoms with Crippen molar-refractivity contribution in [2.24, 2.45) is 0 Å². The number of hydrogen-bond acceptors (Lipinski definition) is 4. The summed E-state index contributed by atoms with van der Waals surface area (Å²) in [5.74, 6) is 0. The van der Waals surface area contributed by atoms with Gasteiger partial charge in [-0.15, -0.1) is 11.3 Å². The molecule has 0 atom stereocenters. The number of piperidine rings is 1. The first-order valence-electron chi connectivity index (χ1n) is 8.96. The average Bonchev–Trinajstić information content (AvgIpc) is 3.06. The average molecular weight is 366 g/mol. The van der Waals surface area contributed by atoms with Gasteiger partial charge in [0.1, 0.15) is 5.01 Å². The van der Waals surface area contributed by atoms with E-state index in [9.17, 15) is 4.79 Å². The van der Waals surface area contributed by atoms with Gasteiger partial charge in [0.25, 0.3) is 0 Å². The van der Waals surface area contributed by atoms with Gasteiger partial charge in [-0.3, -0.25) is 4.90 Å². The summed E-state index contributed by atoms with van der Waals surface area (Å²) >= 11 is 1.77. The lowest BCUT2D eigenvalue weighted by Crippen LogP contribution is -2.45. The Bertz CT molecular complexity index is 839. The number of rotatable bonds is 4. The number of para-hydroxylation sites is 2. The van der Waals surface area contributed by atoms with Gasteiger partial charge < -0.3 is 10.6 Å². The van der Waals surface area contributed by atoms with Gasteiger partial charge in [-0.05, 0) is 37.1 Å². The lowest BCUT2D eigenvalue weighted by atomic mass is 10.1. The van der Waals surface area contributed by atoms with E-state index in [2.05, 4.69) is 33.7 Å². The van der Waals surface area contributed by atoms with Crippen LogP contribution in [0.3, 0.4) is 0 Å². The lowest BCUT2D eigenvalue weighted by Gasteiger charge is -2.31. The SMILES string of the molecule is O=C(Nc1ccccc1)NC1CCN(Cc2nc3ccccc3s2)CC1. The number of nitrogens with one attached hydrogen (secondary N) is 2. The van der Waals surface area contributed by atoms with Gasteiger partial charge in [-0.1, -0.05) is 30.3 Å². The van der Waals surface area contributed by atoms with Crippen molar-refractivity contribution in [1.29, 1.82) is 0 Å². The van der Waals surface area contributed by atoms with Gasteiger partial charge in [-0.25, -0.2) is 9.78 Å². The zero-order valence-electron chi connectivity index (χ0n) is 14.5. The third kappa shape index (κ3) is 4.20. The molecule has 1 aromatic heterocycles. The second-order valence-electron chi connectivity index (χ2n) is 6.59. The number of anilines is 1. The number of carbonyl (C=O) groups is 1. The fourth-order valence-corrected chi connectivity index (χ4v) is 4.30. The molecular weight excluding hydrogens is 344 g/mol. The van der Waals surface area contributed by atoms with Crippen LogP contribution >= 0.6 is 11.3 Å². The normalized spacial score (nSPS) is 15.8. The highest BCUT2D eigenvalue weighted by atomic mass is 32.1. The molecule has 0 radical (unpaired) electrons. The number of likely N-dealkylation sites (tertiary alicyclic amines) is 1. The van der Waals surface area contributed by atoms with E-state index in [1.165, 1.54) is 9.71 Å². The maximum atomic E-state index is 12.1. The van der Waals surface area contributed by atoms with Crippen molar-refractivity contribution in [2.45, 2.75) is 25.4 Å². The highest BCUT2D eigenvalue weighted by molar-refractivity contribution is 7.18. The smallest absolute Gasteiger partial charge is 0.319 e.